The molecule has 6 heteroatoms. The van der Waals surface area contributed by atoms with Gasteiger partial charge in [-0.15, -0.1) is 0 Å². The largest absolute Gasteiger partial charge is 0.491 e. The number of carbonyl (C=O) groups excluding carboxylic acids is 1. The van der Waals surface area contributed by atoms with Gasteiger partial charge in [0.1, 0.15) is 11.5 Å². The van der Waals surface area contributed by atoms with Crippen LogP contribution in [0.4, 0.5) is 5.69 Å². The van der Waals surface area contributed by atoms with Gasteiger partial charge in [-0.3, -0.25) is 9.59 Å². The van der Waals surface area contributed by atoms with E-state index in [0.29, 0.717) is 30.3 Å². The van der Waals surface area contributed by atoms with Crippen molar-refractivity contribution in [3.8, 4) is 11.5 Å². The van der Waals surface area contributed by atoms with Crippen LogP contribution in [0, 0.1) is 11.8 Å². The number of aryl methyl sites for hydroxylation is 1. The number of rotatable bonds is 9. The van der Waals surface area contributed by atoms with Gasteiger partial charge in [-0.05, 0) is 69.8 Å². The number of esters is 1. The molecule has 2 aromatic rings. The smallest absolute Gasteiger partial charge is 0.310 e. The molecule has 0 saturated heterocycles. The van der Waals surface area contributed by atoms with Gasteiger partial charge >= 0.3 is 11.9 Å². The molecule has 0 amide bonds. The molecule has 1 saturated carbocycles. The zero-order chi connectivity index (χ0) is 24.9. The third-order valence-corrected chi connectivity index (χ3v) is 7.53. The maximum absolute atomic E-state index is 12.3. The van der Waals surface area contributed by atoms with E-state index < -0.39 is 5.97 Å². The Balaban J connectivity index is 1.55. The van der Waals surface area contributed by atoms with Crippen molar-refractivity contribution in [3.05, 3.63) is 53.6 Å². The molecule has 0 spiro atoms. The number of anilines is 1. The molecule has 1 aliphatic heterocycles. The van der Waals surface area contributed by atoms with Gasteiger partial charge in [-0.2, -0.15) is 0 Å². The van der Waals surface area contributed by atoms with Crippen LogP contribution in [0.25, 0.3) is 0 Å². The molecule has 1 aliphatic carbocycles. The van der Waals surface area contributed by atoms with E-state index >= 15 is 0 Å². The molecule has 0 bridgehead atoms. The molecule has 188 valence electrons. The summed E-state index contributed by atoms with van der Waals surface area (Å²) in [5, 5.41) is 13.3. The zero-order valence-electron chi connectivity index (χ0n) is 21.0. The SMILES string of the molecule is CCC(=O)Oc1cc(O[C@H](C)CCCc2ccccc2)cc2c1[C@@H]1C[C@H](C(=O)O)CC[C@H]1[C@H](C)N2. The predicted octanol–water partition coefficient (Wildman–Crippen LogP) is 6.19. The number of carbonyl (C=O) groups is 2. The maximum Gasteiger partial charge on any atom is 0.310 e. The Morgan fingerprint density at radius 3 is 2.66 bits per heavy atom. The van der Waals surface area contributed by atoms with Crippen LogP contribution in [0.15, 0.2) is 42.5 Å². The van der Waals surface area contributed by atoms with Gasteiger partial charge in [-0.1, -0.05) is 37.3 Å². The van der Waals surface area contributed by atoms with Crippen LogP contribution in [0.1, 0.15) is 76.3 Å². The lowest BCUT2D eigenvalue weighted by atomic mass is 9.66. The summed E-state index contributed by atoms with van der Waals surface area (Å²) in [5.41, 5.74) is 3.13. The Labute approximate surface area is 208 Å². The molecule has 2 N–H and O–H groups in total. The third-order valence-electron chi connectivity index (χ3n) is 7.53. The lowest BCUT2D eigenvalue weighted by Gasteiger charge is -2.44. The number of benzene rings is 2. The summed E-state index contributed by atoms with van der Waals surface area (Å²) in [6.45, 7) is 5.99. The van der Waals surface area contributed by atoms with Gasteiger partial charge in [0.25, 0.3) is 0 Å². The molecular formula is C29H37NO5. The van der Waals surface area contributed by atoms with Crippen molar-refractivity contribution in [2.45, 2.75) is 83.8 Å². The summed E-state index contributed by atoms with van der Waals surface area (Å²) in [4.78, 5) is 24.1. The first-order valence-corrected chi connectivity index (χ1v) is 12.9. The fourth-order valence-electron chi connectivity index (χ4n) is 5.68. The average Bonchev–Trinajstić information content (AvgIpc) is 2.84. The minimum Gasteiger partial charge on any atom is -0.491 e. The molecule has 4 rings (SSSR count). The second-order valence-corrected chi connectivity index (χ2v) is 10.1. The van der Waals surface area contributed by atoms with Crippen molar-refractivity contribution in [1.29, 1.82) is 0 Å². The number of fused-ring (bicyclic) bond motifs is 3. The molecule has 1 fully saturated rings. The van der Waals surface area contributed by atoms with Gasteiger partial charge < -0.3 is 19.9 Å². The molecule has 6 nitrogen and oxygen atoms in total. The minimum absolute atomic E-state index is 0.00585. The molecule has 2 aliphatic rings. The van der Waals surface area contributed by atoms with Crippen LogP contribution in [0.5, 0.6) is 11.5 Å². The van der Waals surface area contributed by atoms with Crippen molar-refractivity contribution < 1.29 is 24.2 Å². The van der Waals surface area contributed by atoms with Crippen LogP contribution in [0.2, 0.25) is 0 Å². The van der Waals surface area contributed by atoms with E-state index in [0.717, 1.165) is 36.9 Å². The van der Waals surface area contributed by atoms with Crippen molar-refractivity contribution in [2.24, 2.45) is 11.8 Å². The fourth-order valence-corrected chi connectivity index (χ4v) is 5.68. The lowest BCUT2D eigenvalue weighted by Crippen LogP contribution is -2.41. The van der Waals surface area contributed by atoms with Crippen LogP contribution in [-0.2, 0) is 16.0 Å². The van der Waals surface area contributed by atoms with Gasteiger partial charge in [0, 0.05) is 35.8 Å². The highest BCUT2D eigenvalue weighted by atomic mass is 16.5. The van der Waals surface area contributed by atoms with Crippen LogP contribution < -0.4 is 14.8 Å². The van der Waals surface area contributed by atoms with Crippen LogP contribution >= 0.6 is 0 Å². The van der Waals surface area contributed by atoms with E-state index in [9.17, 15) is 14.7 Å². The number of hydrogen-bond donors (Lipinski definition) is 2. The third kappa shape index (κ3) is 5.98. The van der Waals surface area contributed by atoms with E-state index in [1.165, 1.54) is 5.56 Å². The summed E-state index contributed by atoms with van der Waals surface area (Å²) >= 11 is 0. The van der Waals surface area contributed by atoms with E-state index in [1.807, 2.05) is 18.2 Å². The van der Waals surface area contributed by atoms with Crippen LogP contribution in [0.3, 0.4) is 0 Å². The normalized spacial score (nSPS) is 23.9. The van der Waals surface area contributed by atoms with Crippen molar-refractivity contribution in [2.75, 3.05) is 5.32 Å². The number of carboxylic acid groups (broad SMARTS) is 1. The molecule has 2 aromatic carbocycles. The Morgan fingerprint density at radius 2 is 1.94 bits per heavy atom. The highest BCUT2D eigenvalue weighted by Crippen LogP contribution is 2.52. The standard InChI is InChI=1S/C29H37NO5/c1-4-27(31)35-26-17-22(34-18(2)9-8-12-20-10-6-5-7-11-20)16-25-28(26)24-15-21(29(32)33)13-14-23(24)19(3)30-25/h5-7,10-11,16-19,21,23-24,30H,4,8-9,12-15H2,1-3H3,(H,32,33)/t18-,19+,21-,23+,24-/m1/s1. The van der Waals surface area contributed by atoms with Crippen molar-refractivity contribution in [1.82, 2.24) is 0 Å². The fraction of sp³-hybridized carbons (Fsp3) is 0.517. The van der Waals surface area contributed by atoms with E-state index in [1.54, 1.807) is 6.92 Å². The molecular weight excluding hydrogens is 442 g/mol. The first-order valence-electron chi connectivity index (χ1n) is 12.9. The van der Waals surface area contributed by atoms with E-state index in [2.05, 4.69) is 43.4 Å². The summed E-state index contributed by atoms with van der Waals surface area (Å²) in [6, 6.07) is 14.4. The quantitative estimate of drug-likeness (QED) is 0.329. The molecule has 35 heavy (non-hydrogen) atoms. The monoisotopic (exact) mass is 479 g/mol. The second kappa shape index (κ2) is 11.1. The Kier molecular flexibility index (Phi) is 7.99. The van der Waals surface area contributed by atoms with E-state index in [4.69, 9.17) is 9.47 Å². The molecule has 0 unspecified atom stereocenters. The topological polar surface area (TPSA) is 84.9 Å². The van der Waals surface area contributed by atoms with Gasteiger partial charge in [-0.25, -0.2) is 0 Å². The van der Waals surface area contributed by atoms with Gasteiger partial charge in [0.05, 0.1) is 12.0 Å². The molecule has 1 heterocycles. The number of aliphatic carboxylic acids is 1. The molecule has 0 aromatic heterocycles. The number of nitrogens with one attached hydrogen (secondary N) is 1. The highest BCUT2D eigenvalue weighted by molar-refractivity contribution is 5.76. The summed E-state index contributed by atoms with van der Waals surface area (Å²) < 4.78 is 12.1. The molecule has 0 radical (unpaired) electrons. The minimum atomic E-state index is -0.743. The Bertz CT molecular complexity index is 1040. The van der Waals surface area contributed by atoms with E-state index in [-0.39, 0.29) is 36.4 Å². The Hall–Kier alpha value is -3.02. The Morgan fingerprint density at radius 1 is 1.17 bits per heavy atom. The summed E-state index contributed by atoms with van der Waals surface area (Å²) in [5.74, 6) is 0.0899. The number of hydrogen-bond acceptors (Lipinski definition) is 5. The predicted molar refractivity (Wildman–Crippen MR) is 136 cm³/mol. The van der Waals surface area contributed by atoms with Gasteiger partial charge in [0.2, 0.25) is 0 Å². The maximum atomic E-state index is 12.3. The summed E-state index contributed by atoms with van der Waals surface area (Å²) in [6.07, 6.45) is 5.29. The average molecular weight is 480 g/mol. The summed E-state index contributed by atoms with van der Waals surface area (Å²) in [7, 11) is 0. The lowest BCUT2D eigenvalue weighted by molar-refractivity contribution is -0.143. The number of ether oxygens (including phenoxy) is 2. The second-order valence-electron chi connectivity index (χ2n) is 10.1. The van der Waals surface area contributed by atoms with Gasteiger partial charge in [0.15, 0.2) is 0 Å². The van der Waals surface area contributed by atoms with Crippen LogP contribution in [-0.4, -0.2) is 29.2 Å². The first-order chi connectivity index (χ1) is 16.9. The zero-order valence-corrected chi connectivity index (χ0v) is 21.0. The highest BCUT2D eigenvalue weighted by Gasteiger charge is 2.43. The van der Waals surface area contributed by atoms with Crippen molar-refractivity contribution >= 4 is 17.6 Å². The van der Waals surface area contributed by atoms with Crippen molar-refractivity contribution in [3.63, 3.8) is 0 Å². The first kappa shape index (κ1) is 25.1. The number of carboxylic acids is 1. The molecule has 5 atom stereocenters.